The van der Waals surface area contributed by atoms with Crippen LogP contribution in [0.5, 0.6) is 0 Å². The van der Waals surface area contributed by atoms with Crippen LogP contribution >= 0.6 is 11.5 Å². The van der Waals surface area contributed by atoms with Crippen molar-refractivity contribution in [2.24, 2.45) is 5.92 Å². The SMILES string of the molecule is CCC1CCN(S(=O)(=O)NCc2ccns2)CC1. The predicted octanol–water partition coefficient (Wildman–Crippen LogP) is 1.60. The molecule has 0 unspecified atom stereocenters. The molecule has 2 rings (SSSR count). The molecule has 0 spiro atoms. The lowest BCUT2D eigenvalue weighted by atomic mass is 9.96. The second-order valence-electron chi connectivity index (χ2n) is 4.56. The topological polar surface area (TPSA) is 62.3 Å². The molecule has 2 heterocycles. The van der Waals surface area contributed by atoms with Crippen molar-refractivity contribution in [1.29, 1.82) is 0 Å². The molecule has 0 bridgehead atoms. The summed E-state index contributed by atoms with van der Waals surface area (Å²) in [6.07, 6.45) is 4.76. The first-order valence-corrected chi connectivity index (χ1v) is 8.47. The Balaban J connectivity index is 1.87. The number of rotatable bonds is 5. The summed E-state index contributed by atoms with van der Waals surface area (Å²) in [4.78, 5) is 0.932. The smallest absolute Gasteiger partial charge is 0.201 e. The van der Waals surface area contributed by atoms with Gasteiger partial charge in [-0.2, -0.15) is 17.4 Å². The Bertz CT molecular complexity index is 451. The van der Waals surface area contributed by atoms with E-state index in [1.165, 1.54) is 11.5 Å². The van der Waals surface area contributed by atoms with Crippen molar-refractivity contribution in [3.8, 4) is 0 Å². The first-order chi connectivity index (χ1) is 8.62. The molecule has 7 heteroatoms. The van der Waals surface area contributed by atoms with Crippen LogP contribution in [0.1, 0.15) is 31.1 Å². The van der Waals surface area contributed by atoms with Crippen LogP contribution in [0.2, 0.25) is 0 Å². The average molecular weight is 289 g/mol. The van der Waals surface area contributed by atoms with E-state index in [2.05, 4.69) is 16.0 Å². The zero-order chi connectivity index (χ0) is 13.0. The van der Waals surface area contributed by atoms with Gasteiger partial charge in [0.05, 0.1) is 0 Å². The summed E-state index contributed by atoms with van der Waals surface area (Å²) in [5.74, 6) is 0.679. The molecular formula is C11H19N3O2S2. The van der Waals surface area contributed by atoms with E-state index in [0.717, 1.165) is 24.1 Å². The van der Waals surface area contributed by atoms with Gasteiger partial charge in [0.2, 0.25) is 0 Å². The van der Waals surface area contributed by atoms with E-state index in [0.29, 0.717) is 25.6 Å². The lowest BCUT2D eigenvalue weighted by Gasteiger charge is -2.30. The van der Waals surface area contributed by atoms with Crippen molar-refractivity contribution in [1.82, 2.24) is 13.4 Å². The van der Waals surface area contributed by atoms with Gasteiger partial charge in [0.1, 0.15) is 0 Å². The van der Waals surface area contributed by atoms with Crippen LogP contribution in [0.15, 0.2) is 12.3 Å². The van der Waals surface area contributed by atoms with Crippen molar-refractivity contribution in [3.05, 3.63) is 17.1 Å². The molecule has 0 saturated carbocycles. The molecular weight excluding hydrogens is 270 g/mol. The fraction of sp³-hybridized carbons (Fsp3) is 0.727. The number of nitrogens with zero attached hydrogens (tertiary/aromatic N) is 2. The highest BCUT2D eigenvalue weighted by molar-refractivity contribution is 7.87. The lowest BCUT2D eigenvalue weighted by Crippen LogP contribution is -2.44. The fourth-order valence-electron chi connectivity index (χ4n) is 2.14. The first kappa shape index (κ1) is 13.9. The molecule has 1 aromatic heterocycles. The number of aromatic nitrogens is 1. The summed E-state index contributed by atoms with van der Waals surface area (Å²) in [7, 11) is -3.33. The Kier molecular flexibility index (Phi) is 4.71. The molecule has 1 saturated heterocycles. The molecule has 0 amide bonds. The van der Waals surface area contributed by atoms with E-state index in [9.17, 15) is 8.42 Å². The minimum atomic E-state index is -3.33. The number of hydrogen-bond donors (Lipinski definition) is 1. The third-order valence-electron chi connectivity index (χ3n) is 3.41. The van der Waals surface area contributed by atoms with Crippen molar-refractivity contribution in [3.63, 3.8) is 0 Å². The quantitative estimate of drug-likeness (QED) is 0.895. The van der Waals surface area contributed by atoms with Crippen LogP contribution < -0.4 is 4.72 Å². The summed E-state index contributed by atoms with van der Waals surface area (Å²) in [5, 5.41) is 0. The van der Waals surface area contributed by atoms with Crippen molar-refractivity contribution in [2.45, 2.75) is 32.7 Å². The van der Waals surface area contributed by atoms with Gasteiger partial charge in [-0.25, -0.2) is 4.37 Å². The average Bonchev–Trinajstić information content (AvgIpc) is 2.90. The van der Waals surface area contributed by atoms with E-state index < -0.39 is 10.2 Å². The van der Waals surface area contributed by atoms with Gasteiger partial charge in [0.25, 0.3) is 10.2 Å². The number of hydrogen-bond acceptors (Lipinski definition) is 4. The maximum Gasteiger partial charge on any atom is 0.279 e. The summed E-state index contributed by atoms with van der Waals surface area (Å²) in [6, 6.07) is 1.83. The predicted molar refractivity (Wildman–Crippen MR) is 72.5 cm³/mol. The zero-order valence-electron chi connectivity index (χ0n) is 10.5. The molecule has 0 radical (unpaired) electrons. The van der Waals surface area contributed by atoms with Crippen LogP contribution in [0.4, 0.5) is 0 Å². The summed E-state index contributed by atoms with van der Waals surface area (Å²) < 4.78 is 32.3. The van der Waals surface area contributed by atoms with Crippen molar-refractivity contribution in [2.75, 3.05) is 13.1 Å². The molecule has 102 valence electrons. The molecule has 0 aromatic carbocycles. The number of nitrogens with one attached hydrogen (secondary N) is 1. The molecule has 0 aliphatic carbocycles. The van der Waals surface area contributed by atoms with Crippen molar-refractivity contribution >= 4 is 21.7 Å². The Morgan fingerprint density at radius 3 is 2.78 bits per heavy atom. The van der Waals surface area contributed by atoms with Crippen LogP contribution in [0, 0.1) is 5.92 Å². The Morgan fingerprint density at radius 1 is 1.50 bits per heavy atom. The molecule has 18 heavy (non-hydrogen) atoms. The Labute approximate surface area is 113 Å². The third-order valence-corrected chi connectivity index (χ3v) is 5.71. The molecule has 1 aliphatic heterocycles. The highest BCUT2D eigenvalue weighted by atomic mass is 32.2. The monoisotopic (exact) mass is 289 g/mol. The third kappa shape index (κ3) is 3.50. The maximum absolute atomic E-state index is 12.1. The fourth-order valence-corrected chi connectivity index (χ4v) is 3.96. The van der Waals surface area contributed by atoms with Gasteiger partial charge in [-0.3, -0.25) is 0 Å². The summed E-state index contributed by atoms with van der Waals surface area (Å²) in [6.45, 7) is 3.77. The summed E-state index contributed by atoms with van der Waals surface area (Å²) >= 11 is 1.32. The van der Waals surface area contributed by atoms with Crippen LogP contribution in [-0.4, -0.2) is 30.2 Å². The minimum Gasteiger partial charge on any atom is -0.201 e. The zero-order valence-corrected chi connectivity index (χ0v) is 12.1. The number of piperidine rings is 1. The van der Waals surface area contributed by atoms with Gasteiger partial charge in [0.15, 0.2) is 0 Å². The van der Waals surface area contributed by atoms with Gasteiger partial charge in [0, 0.05) is 30.7 Å². The standard InChI is InChI=1S/C11H19N3O2S2/c1-2-10-4-7-14(8-5-10)18(15,16)13-9-11-3-6-12-17-11/h3,6,10,13H,2,4-5,7-9H2,1H3. The summed E-state index contributed by atoms with van der Waals surface area (Å²) in [5.41, 5.74) is 0. The normalized spacial score (nSPS) is 19.2. The molecule has 1 aromatic rings. The van der Waals surface area contributed by atoms with Crippen LogP contribution in [-0.2, 0) is 16.8 Å². The first-order valence-electron chi connectivity index (χ1n) is 6.26. The van der Waals surface area contributed by atoms with Crippen molar-refractivity contribution < 1.29 is 8.42 Å². The van der Waals surface area contributed by atoms with Gasteiger partial charge < -0.3 is 0 Å². The minimum absolute atomic E-state index is 0.334. The van der Waals surface area contributed by atoms with Gasteiger partial charge in [-0.05, 0) is 36.4 Å². The molecule has 5 nitrogen and oxygen atoms in total. The van der Waals surface area contributed by atoms with E-state index in [1.807, 2.05) is 6.07 Å². The molecule has 0 atom stereocenters. The highest BCUT2D eigenvalue weighted by Gasteiger charge is 2.26. The van der Waals surface area contributed by atoms with Gasteiger partial charge in [-0.1, -0.05) is 13.3 Å². The Hall–Kier alpha value is -0.500. The Morgan fingerprint density at radius 2 is 2.22 bits per heavy atom. The van der Waals surface area contributed by atoms with E-state index >= 15 is 0 Å². The van der Waals surface area contributed by atoms with Crippen LogP contribution in [0.25, 0.3) is 0 Å². The molecule has 1 fully saturated rings. The second kappa shape index (κ2) is 6.10. The van der Waals surface area contributed by atoms with Gasteiger partial charge in [-0.15, -0.1) is 0 Å². The largest absolute Gasteiger partial charge is 0.279 e. The molecule has 1 N–H and O–H groups in total. The van der Waals surface area contributed by atoms with E-state index in [1.54, 1.807) is 10.5 Å². The molecule has 1 aliphatic rings. The van der Waals surface area contributed by atoms with Crippen LogP contribution in [0.3, 0.4) is 0 Å². The van der Waals surface area contributed by atoms with Gasteiger partial charge >= 0.3 is 0 Å². The van der Waals surface area contributed by atoms with E-state index in [4.69, 9.17) is 0 Å². The van der Waals surface area contributed by atoms with E-state index in [-0.39, 0.29) is 0 Å². The maximum atomic E-state index is 12.1. The lowest BCUT2D eigenvalue weighted by molar-refractivity contribution is 0.266. The second-order valence-corrected chi connectivity index (χ2v) is 7.23. The highest BCUT2D eigenvalue weighted by Crippen LogP contribution is 2.21.